The predicted octanol–water partition coefficient (Wildman–Crippen LogP) is 2.86. The summed E-state index contributed by atoms with van der Waals surface area (Å²) in [6.45, 7) is 1.83. The van der Waals surface area contributed by atoms with Gasteiger partial charge in [0.05, 0.1) is 16.2 Å². The zero-order valence-corrected chi connectivity index (χ0v) is 10.6. The molecule has 0 fully saturated rings. The molecule has 7 heteroatoms. The lowest BCUT2D eigenvalue weighted by molar-refractivity contribution is -0.136. The van der Waals surface area contributed by atoms with Gasteiger partial charge in [-0.05, 0) is 24.6 Å². The van der Waals surface area contributed by atoms with Crippen LogP contribution in [0.5, 0.6) is 0 Å². The van der Waals surface area contributed by atoms with Gasteiger partial charge >= 0.3 is 6.18 Å². The second-order valence-corrected chi connectivity index (χ2v) is 6.03. The Balaban J connectivity index is 3.12. The molecular formula is C11H14F3NO2S. The number of anilines is 1. The zero-order chi connectivity index (χ0) is 14.0. The molecule has 3 nitrogen and oxygen atoms in total. The highest BCUT2D eigenvalue weighted by atomic mass is 32.2. The number of halogens is 3. The van der Waals surface area contributed by atoms with Gasteiger partial charge in [-0.3, -0.25) is 0 Å². The van der Waals surface area contributed by atoms with Crippen molar-refractivity contribution < 1.29 is 21.6 Å². The molecular weight excluding hydrogens is 267 g/mol. The SMILES string of the molecule is CCCCS(=O)(=O)c1ccc(C(F)(F)F)c(N)c1. The topological polar surface area (TPSA) is 60.2 Å². The van der Waals surface area contributed by atoms with Gasteiger partial charge in [-0.25, -0.2) is 8.42 Å². The normalized spacial score (nSPS) is 12.7. The van der Waals surface area contributed by atoms with E-state index in [1.165, 1.54) is 0 Å². The van der Waals surface area contributed by atoms with Crippen molar-refractivity contribution in [2.24, 2.45) is 0 Å². The molecule has 0 amide bonds. The molecule has 102 valence electrons. The molecule has 0 bridgehead atoms. The van der Waals surface area contributed by atoms with Gasteiger partial charge in [-0.1, -0.05) is 13.3 Å². The summed E-state index contributed by atoms with van der Waals surface area (Å²) in [4.78, 5) is -0.165. The molecule has 0 aliphatic heterocycles. The lowest BCUT2D eigenvalue weighted by Gasteiger charge is -2.11. The van der Waals surface area contributed by atoms with E-state index >= 15 is 0 Å². The lowest BCUT2D eigenvalue weighted by Crippen LogP contribution is -2.12. The number of rotatable bonds is 4. The second-order valence-electron chi connectivity index (χ2n) is 3.92. The van der Waals surface area contributed by atoms with Crippen LogP contribution >= 0.6 is 0 Å². The largest absolute Gasteiger partial charge is 0.418 e. The van der Waals surface area contributed by atoms with Gasteiger partial charge in [0.25, 0.3) is 0 Å². The molecule has 1 aromatic carbocycles. The molecule has 0 aliphatic carbocycles. The molecule has 1 rings (SSSR count). The average Bonchev–Trinajstić information content (AvgIpc) is 2.24. The number of hydrogen-bond donors (Lipinski definition) is 1. The van der Waals surface area contributed by atoms with Crippen LogP contribution < -0.4 is 5.73 Å². The lowest BCUT2D eigenvalue weighted by atomic mass is 10.2. The summed E-state index contributed by atoms with van der Waals surface area (Å²) >= 11 is 0. The van der Waals surface area contributed by atoms with Crippen LogP contribution in [0.1, 0.15) is 25.3 Å². The first kappa shape index (κ1) is 14.8. The van der Waals surface area contributed by atoms with Crippen molar-refractivity contribution in [1.29, 1.82) is 0 Å². The van der Waals surface area contributed by atoms with Gasteiger partial charge in [0.1, 0.15) is 0 Å². The van der Waals surface area contributed by atoms with Gasteiger partial charge in [0.2, 0.25) is 0 Å². The smallest absolute Gasteiger partial charge is 0.398 e. The average molecular weight is 281 g/mol. The minimum atomic E-state index is -4.57. The van der Waals surface area contributed by atoms with E-state index in [9.17, 15) is 21.6 Å². The summed E-state index contributed by atoms with van der Waals surface area (Å²) in [6, 6.07) is 2.52. The number of hydrogen-bond acceptors (Lipinski definition) is 3. The fourth-order valence-corrected chi connectivity index (χ4v) is 2.93. The van der Waals surface area contributed by atoms with Crippen molar-refractivity contribution >= 4 is 15.5 Å². The molecule has 0 radical (unpaired) electrons. The van der Waals surface area contributed by atoms with Crippen LogP contribution in [0, 0.1) is 0 Å². The standard InChI is InChI=1S/C11H14F3NO2S/c1-2-3-6-18(16,17)8-4-5-9(10(15)7-8)11(12,13)14/h4-5,7H,2-3,6,15H2,1H3. The van der Waals surface area contributed by atoms with Crippen molar-refractivity contribution in [3.05, 3.63) is 23.8 Å². The minimum Gasteiger partial charge on any atom is -0.398 e. The second kappa shape index (κ2) is 5.17. The van der Waals surface area contributed by atoms with Gasteiger partial charge in [0, 0.05) is 5.69 Å². The number of unbranched alkanes of at least 4 members (excludes halogenated alkanes) is 1. The summed E-state index contributed by atoms with van der Waals surface area (Å²) in [5.74, 6) is -0.0890. The molecule has 0 aromatic heterocycles. The molecule has 0 atom stereocenters. The van der Waals surface area contributed by atoms with Crippen molar-refractivity contribution in [1.82, 2.24) is 0 Å². The van der Waals surface area contributed by atoms with E-state index in [4.69, 9.17) is 5.73 Å². The first-order chi connectivity index (χ1) is 8.18. The van der Waals surface area contributed by atoms with Crippen LogP contribution in [-0.4, -0.2) is 14.2 Å². The predicted molar refractivity (Wildman–Crippen MR) is 62.8 cm³/mol. The van der Waals surface area contributed by atoms with Crippen molar-refractivity contribution in [3.63, 3.8) is 0 Å². The van der Waals surface area contributed by atoms with E-state index < -0.39 is 27.3 Å². The van der Waals surface area contributed by atoms with Crippen molar-refractivity contribution in [2.75, 3.05) is 11.5 Å². The van der Waals surface area contributed by atoms with E-state index in [0.29, 0.717) is 18.9 Å². The number of benzene rings is 1. The third-order valence-electron chi connectivity index (χ3n) is 2.45. The molecule has 0 aliphatic rings. The van der Waals surface area contributed by atoms with Crippen LogP contribution in [-0.2, 0) is 16.0 Å². The number of nitrogens with two attached hydrogens (primary N) is 1. The third-order valence-corrected chi connectivity index (χ3v) is 4.25. The van der Waals surface area contributed by atoms with E-state index in [0.717, 1.165) is 12.1 Å². The third kappa shape index (κ3) is 3.38. The van der Waals surface area contributed by atoms with Crippen molar-refractivity contribution in [2.45, 2.75) is 30.8 Å². The molecule has 0 spiro atoms. The van der Waals surface area contributed by atoms with E-state index in [1.807, 2.05) is 6.92 Å². The van der Waals surface area contributed by atoms with Crippen LogP contribution in [0.2, 0.25) is 0 Å². The van der Waals surface area contributed by atoms with Crippen LogP contribution in [0.4, 0.5) is 18.9 Å². The van der Waals surface area contributed by atoms with Gasteiger partial charge in [-0.15, -0.1) is 0 Å². The fraction of sp³-hybridized carbons (Fsp3) is 0.455. The zero-order valence-electron chi connectivity index (χ0n) is 9.79. The molecule has 1 aromatic rings. The molecule has 0 saturated carbocycles. The molecule has 0 unspecified atom stereocenters. The first-order valence-corrected chi connectivity index (χ1v) is 7.03. The summed E-state index contributed by atoms with van der Waals surface area (Å²) < 4.78 is 60.9. The van der Waals surface area contributed by atoms with Crippen LogP contribution in [0.25, 0.3) is 0 Å². The summed E-state index contributed by atoms with van der Waals surface area (Å²) in [6.07, 6.45) is -3.42. The first-order valence-electron chi connectivity index (χ1n) is 5.38. The maximum atomic E-state index is 12.5. The number of alkyl halides is 3. The molecule has 0 heterocycles. The highest BCUT2D eigenvalue weighted by molar-refractivity contribution is 7.91. The quantitative estimate of drug-likeness (QED) is 0.863. The maximum absolute atomic E-state index is 12.5. The fourth-order valence-electron chi connectivity index (χ4n) is 1.44. The van der Waals surface area contributed by atoms with E-state index in [2.05, 4.69) is 0 Å². The Morgan fingerprint density at radius 3 is 2.33 bits per heavy atom. The van der Waals surface area contributed by atoms with E-state index in [1.54, 1.807) is 0 Å². The van der Waals surface area contributed by atoms with Crippen LogP contribution in [0.15, 0.2) is 23.1 Å². The molecule has 0 saturated heterocycles. The van der Waals surface area contributed by atoms with Gasteiger partial charge in [-0.2, -0.15) is 13.2 Å². The van der Waals surface area contributed by atoms with E-state index in [-0.39, 0.29) is 10.6 Å². The van der Waals surface area contributed by atoms with Gasteiger partial charge < -0.3 is 5.73 Å². The Hall–Kier alpha value is -1.24. The Morgan fingerprint density at radius 2 is 1.89 bits per heavy atom. The molecule has 18 heavy (non-hydrogen) atoms. The Labute approximate surface area is 104 Å². The van der Waals surface area contributed by atoms with Gasteiger partial charge in [0.15, 0.2) is 9.84 Å². The highest BCUT2D eigenvalue weighted by Gasteiger charge is 2.33. The minimum absolute atomic E-state index is 0.0890. The highest BCUT2D eigenvalue weighted by Crippen LogP contribution is 2.34. The Morgan fingerprint density at radius 1 is 1.28 bits per heavy atom. The van der Waals surface area contributed by atoms with Crippen LogP contribution in [0.3, 0.4) is 0 Å². The summed E-state index contributed by atoms with van der Waals surface area (Å²) in [7, 11) is -3.55. The monoisotopic (exact) mass is 281 g/mol. The Kier molecular flexibility index (Phi) is 4.26. The summed E-state index contributed by atoms with van der Waals surface area (Å²) in [5, 5.41) is 0. The summed E-state index contributed by atoms with van der Waals surface area (Å²) in [5.41, 5.74) is 3.66. The molecule has 2 N–H and O–H groups in total. The van der Waals surface area contributed by atoms with Crippen molar-refractivity contribution in [3.8, 4) is 0 Å². The number of nitrogen functional groups attached to an aromatic ring is 1. The number of sulfone groups is 1. The Bertz CT molecular complexity index is 524. The maximum Gasteiger partial charge on any atom is 0.418 e.